The summed E-state index contributed by atoms with van der Waals surface area (Å²) in [4.78, 5) is 0. The molecule has 0 radical (unpaired) electrons. The minimum absolute atomic E-state index is 0.399. The highest BCUT2D eigenvalue weighted by molar-refractivity contribution is 4.79. The third-order valence-electron chi connectivity index (χ3n) is 1.79. The smallest absolute Gasteiger partial charge is 0.175 e. The lowest BCUT2D eigenvalue weighted by atomic mass is 10.1. The molecular formula is C7H15NO3. The largest absolute Gasteiger partial charge is 0.391 e. The SMILES string of the molecule is CCOC1OCCC(O)C1N. The minimum atomic E-state index is -0.486. The van der Waals surface area contributed by atoms with Crippen molar-refractivity contribution in [1.82, 2.24) is 0 Å². The average molecular weight is 161 g/mol. The van der Waals surface area contributed by atoms with Crippen molar-refractivity contribution in [2.45, 2.75) is 31.8 Å². The van der Waals surface area contributed by atoms with Crippen molar-refractivity contribution < 1.29 is 14.6 Å². The molecule has 0 spiro atoms. The summed E-state index contributed by atoms with van der Waals surface area (Å²) < 4.78 is 10.4. The van der Waals surface area contributed by atoms with E-state index in [1.54, 1.807) is 0 Å². The maximum absolute atomic E-state index is 9.29. The van der Waals surface area contributed by atoms with E-state index in [-0.39, 0.29) is 0 Å². The van der Waals surface area contributed by atoms with E-state index in [9.17, 15) is 5.11 Å². The van der Waals surface area contributed by atoms with Crippen molar-refractivity contribution in [2.75, 3.05) is 13.2 Å². The van der Waals surface area contributed by atoms with Crippen LogP contribution in [0.5, 0.6) is 0 Å². The van der Waals surface area contributed by atoms with Crippen LogP contribution in [0.4, 0.5) is 0 Å². The summed E-state index contributed by atoms with van der Waals surface area (Å²) in [5.41, 5.74) is 5.61. The van der Waals surface area contributed by atoms with E-state index in [4.69, 9.17) is 15.2 Å². The van der Waals surface area contributed by atoms with E-state index in [0.29, 0.717) is 19.6 Å². The molecule has 3 N–H and O–H groups in total. The van der Waals surface area contributed by atoms with Gasteiger partial charge in [-0.15, -0.1) is 0 Å². The van der Waals surface area contributed by atoms with Crippen molar-refractivity contribution in [3.63, 3.8) is 0 Å². The summed E-state index contributed by atoms with van der Waals surface area (Å²) in [6.07, 6.45) is -0.311. The maximum atomic E-state index is 9.29. The average Bonchev–Trinajstić information content (AvgIpc) is 1.99. The lowest BCUT2D eigenvalue weighted by molar-refractivity contribution is -0.193. The lowest BCUT2D eigenvalue weighted by Crippen LogP contribution is -2.51. The normalized spacial score (nSPS) is 39.0. The fraction of sp³-hybridized carbons (Fsp3) is 1.00. The van der Waals surface area contributed by atoms with Gasteiger partial charge in [0.1, 0.15) is 0 Å². The Morgan fingerprint density at radius 3 is 3.09 bits per heavy atom. The molecule has 0 amide bonds. The van der Waals surface area contributed by atoms with Gasteiger partial charge in [-0.2, -0.15) is 0 Å². The lowest BCUT2D eigenvalue weighted by Gasteiger charge is -2.32. The topological polar surface area (TPSA) is 64.7 Å². The van der Waals surface area contributed by atoms with Crippen LogP contribution in [-0.2, 0) is 9.47 Å². The molecule has 0 aromatic heterocycles. The second kappa shape index (κ2) is 4.01. The second-order valence-electron chi connectivity index (χ2n) is 2.63. The van der Waals surface area contributed by atoms with E-state index in [0.717, 1.165) is 0 Å². The molecule has 3 unspecified atom stereocenters. The van der Waals surface area contributed by atoms with E-state index < -0.39 is 18.4 Å². The molecule has 3 atom stereocenters. The molecular weight excluding hydrogens is 146 g/mol. The standard InChI is InChI=1S/C7H15NO3/c1-2-10-7-6(8)5(9)3-4-11-7/h5-7,9H,2-4,8H2,1H3. The van der Waals surface area contributed by atoms with Gasteiger partial charge in [0.25, 0.3) is 0 Å². The van der Waals surface area contributed by atoms with E-state index in [2.05, 4.69) is 0 Å². The molecule has 66 valence electrons. The number of ether oxygens (including phenoxy) is 2. The molecule has 1 aliphatic heterocycles. The molecule has 4 nitrogen and oxygen atoms in total. The van der Waals surface area contributed by atoms with Gasteiger partial charge in [-0.05, 0) is 13.3 Å². The van der Waals surface area contributed by atoms with Crippen LogP contribution in [0, 0.1) is 0 Å². The van der Waals surface area contributed by atoms with Gasteiger partial charge < -0.3 is 20.3 Å². The fourth-order valence-electron chi connectivity index (χ4n) is 1.11. The quantitative estimate of drug-likeness (QED) is 0.570. The maximum Gasteiger partial charge on any atom is 0.175 e. The number of aliphatic hydroxyl groups is 1. The summed E-state index contributed by atoms with van der Waals surface area (Å²) in [5, 5.41) is 9.29. The molecule has 1 heterocycles. The molecule has 11 heavy (non-hydrogen) atoms. The Morgan fingerprint density at radius 2 is 2.45 bits per heavy atom. The zero-order valence-corrected chi connectivity index (χ0v) is 6.69. The van der Waals surface area contributed by atoms with Crippen molar-refractivity contribution in [2.24, 2.45) is 5.73 Å². The van der Waals surface area contributed by atoms with E-state index in [1.165, 1.54) is 0 Å². The predicted octanol–water partition coefficient (Wildman–Crippen LogP) is -0.542. The number of aliphatic hydroxyl groups excluding tert-OH is 1. The fourth-order valence-corrected chi connectivity index (χ4v) is 1.11. The van der Waals surface area contributed by atoms with Gasteiger partial charge in [0.05, 0.1) is 18.8 Å². The molecule has 0 aromatic rings. The first-order valence-electron chi connectivity index (χ1n) is 3.92. The molecule has 1 saturated heterocycles. The Morgan fingerprint density at radius 1 is 1.73 bits per heavy atom. The zero-order chi connectivity index (χ0) is 8.27. The van der Waals surface area contributed by atoms with Crippen LogP contribution < -0.4 is 5.73 Å². The Bertz CT molecular complexity index is 118. The molecule has 1 rings (SSSR count). The monoisotopic (exact) mass is 161 g/mol. The molecule has 0 aromatic carbocycles. The number of nitrogens with two attached hydrogens (primary N) is 1. The van der Waals surface area contributed by atoms with Gasteiger partial charge >= 0.3 is 0 Å². The van der Waals surface area contributed by atoms with Crippen LogP contribution in [0.2, 0.25) is 0 Å². The van der Waals surface area contributed by atoms with Crippen LogP contribution in [0.3, 0.4) is 0 Å². The van der Waals surface area contributed by atoms with Crippen molar-refractivity contribution in [3.05, 3.63) is 0 Å². The third kappa shape index (κ3) is 2.13. The third-order valence-corrected chi connectivity index (χ3v) is 1.79. The minimum Gasteiger partial charge on any atom is -0.391 e. The van der Waals surface area contributed by atoms with Gasteiger partial charge in [-0.1, -0.05) is 0 Å². The van der Waals surface area contributed by atoms with Gasteiger partial charge in [0, 0.05) is 6.61 Å². The van der Waals surface area contributed by atoms with Crippen molar-refractivity contribution in [3.8, 4) is 0 Å². The Hall–Kier alpha value is -0.160. The van der Waals surface area contributed by atoms with Crippen LogP contribution in [0.25, 0.3) is 0 Å². The summed E-state index contributed by atoms with van der Waals surface area (Å²) >= 11 is 0. The molecule has 1 aliphatic rings. The van der Waals surface area contributed by atoms with Crippen molar-refractivity contribution in [1.29, 1.82) is 0 Å². The van der Waals surface area contributed by atoms with Gasteiger partial charge in [-0.3, -0.25) is 0 Å². The Balaban J connectivity index is 2.38. The van der Waals surface area contributed by atoms with Gasteiger partial charge in [-0.25, -0.2) is 0 Å². The van der Waals surface area contributed by atoms with E-state index in [1.807, 2.05) is 6.92 Å². The molecule has 0 saturated carbocycles. The van der Waals surface area contributed by atoms with Crippen LogP contribution in [0.15, 0.2) is 0 Å². The first kappa shape index (κ1) is 8.93. The Kier molecular flexibility index (Phi) is 3.26. The number of rotatable bonds is 2. The first-order valence-corrected chi connectivity index (χ1v) is 3.92. The highest BCUT2D eigenvalue weighted by Gasteiger charge is 2.30. The highest BCUT2D eigenvalue weighted by atomic mass is 16.7. The summed E-state index contributed by atoms with van der Waals surface area (Å²) in [6, 6.07) is -0.399. The summed E-state index contributed by atoms with van der Waals surface area (Å²) in [6.45, 7) is 2.96. The Labute approximate surface area is 66.3 Å². The van der Waals surface area contributed by atoms with Gasteiger partial charge in [0.15, 0.2) is 6.29 Å². The molecule has 0 bridgehead atoms. The van der Waals surface area contributed by atoms with Crippen LogP contribution in [-0.4, -0.2) is 36.8 Å². The number of hydrogen-bond donors (Lipinski definition) is 2. The zero-order valence-electron chi connectivity index (χ0n) is 6.69. The van der Waals surface area contributed by atoms with Crippen LogP contribution in [0.1, 0.15) is 13.3 Å². The molecule has 1 fully saturated rings. The molecule has 4 heteroatoms. The first-order chi connectivity index (χ1) is 5.25. The van der Waals surface area contributed by atoms with Gasteiger partial charge in [0.2, 0.25) is 0 Å². The molecule has 0 aliphatic carbocycles. The second-order valence-corrected chi connectivity index (χ2v) is 2.63. The summed E-state index contributed by atoms with van der Waals surface area (Å²) in [5.74, 6) is 0. The van der Waals surface area contributed by atoms with Crippen molar-refractivity contribution >= 4 is 0 Å². The van der Waals surface area contributed by atoms with Crippen LogP contribution >= 0.6 is 0 Å². The summed E-state index contributed by atoms with van der Waals surface area (Å²) in [7, 11) is 0. The van der Waals surface area contributed by atoms with E-state index >= 15 is 0 Å². The number of hydrogen-bond acceptors (Lipinski definition) is 4. The highest BCUT2D eigenvalue weighted by Crippen LogP contribution is 2.13. The predicted molar refractivity (Wildman–Crippen MR) is 40.0 cm³/mol.